The van der Waals surface area contributed by atoms with Crippen molar-refractivity contribution in [1.29, 1.82) is 0 Å². The number of anilines is 1. The molecule has 0 atom stereocenters. The summed E-state index contributed by atoms with van der Waals surface area (Å²) in [6.07, 6.45) is 1.19. The molecule has 0 bridgehead atoms. The van der Waals surface area contributed by atoms with Gasteiger partial charge in [-0.15, -0.1) is 0 Å². The number of nitrogens with one attached hydrogen (secondary N) is 2. The molecule has 0 aliphatic heterocycles. The SMILES string of the molecule is CCOc1cc(Cl)c(Cc2ccc(O)c(-c3ccc(NC)cc3)c2)c(Cl)c1.CNC=O. The number of carbonyl (C=O) groups is 1. The number of ether oxygens (including phenoxy) is 1. The van der Waals surface area contributed by atoms with E-state index in [9.17, 15) is 5.11 Å². The first-order chi connectivity index (χ1) is 14.9. The maximum absolute atomic E-state index is 10.3. The number of phenols is 1. The molecule has 1 amide bonds. The topological polar surface area (TPSA) is 70.6 Å². The fraction of sp³-hybridized carbons (Fsp3) is 0.208. The maximum Gasteiger partial charge on any atom is 0.206 e. The minimum Gasteiger partial charge on any atom is -0.507 e. The maximum atomic E-state index is 10.3. The van der Waals surface area contributed by atoms with Gasteiger partial charge < -0.3 is 20.5 Å². The summed E-state index contributed by atoms with van der Waals surface area (Å²) in [6.45, 7) is 2.47. The van der Waals surface area contributed by atoms with E-state index < -0.39 is 0 Å². The van der Waals surface area contributed by atoms with Crippen molar-refractivity contribution in [3.05, 3.63) is 75.8 Å². The molecule has 0 spiro atoms. The Morgan fingerprint density at radius 1 is 1.00 bits per heavy atom. The number of hydrogen-bond donors (Lipinski definition) is 3. The van der Waals surface area contributed by atoms with E-state index in [1.54, 1.807) is 25.2 Å². The third-order valence-electron chi connectivity index (χ3n) is 4.47. The van der Waals surface area contributed by atoms with Crippen LogP contribution in [0.2, 0.25) is 10.0 Å². The van der Waals surface area contributed by atoms with Gasteiger partial charge in [-0.2, -0.15) is 0 Å². The number of carbonyl (C=O) groups excluding carboxylic acids is 1. The van der Waals surface area contributed by atoms with Gasteiger partial charge in [-0.25, -0.2) is 0 Å². The van der Waals surface area contributed by atoms with Crippen molar-refractivity contribution in [2.24, 2.45) is 0 Å². The number of benzene rings is 3. The van der Waals surface area contributed by atoms with Crippen molar-refractivity contribution in [2.45, 2.75) is 13.3 Å². The predicted molar refractivity (Wildman–Crippen MR) is 129 cm³/mol. The summed E-state index contributed by atoms with van der Waals surface area (Å²) in [7, 11) is 3.43. The van der Waals surface area contributed by atoms with Crippen molar-refractivity contribution < 1.29 is 14.6 Å². The van der Waals surface area contributed by atoms with Gasteiger partial charge in [0.2, 0.25) is 6.41 Å². The minimum atomic E-state index is 0.236. The van der Waals surface area contributed by atoms with E-state index in [1.165, 1.54) is 0 Å². The highest BCUT2D eigenvalue weighted by Gasteiger charge is 2.12. The Balaban J connectivity index is 0.000000785. The van der Waals surface area contributed by atoms with E-state index in [0.29, 0.717) is 35.2 Å². The summed E-state index contributed by atoms with van der Waals surface area (Å²) in [5, 5.41) is 16.8. The summed E-state index contributed by atoms with van der Waals surface area (Å²) in [6, 6.07) is 17.0. The average Bonchev–Trinajstić information content (AvgIpc) is 2.78. The zero-order valence-corrected chi connectivity index (χ0v) is 19.2. The molecule has 3 aromatic rings. The Kier molecular flexibility index (Phi) is 9.50. The molecule has 0 heterocycles. The molecule has 31 heavy (non-hydrogen) atoms. The molecule has 7 heteroatoms. The number of hydrogen-bond acceptors (Lipinski definition) is 4. The van der Waals surface area contributed by atoms with E-state index >= 15 is 0 Å². The number of halogens is 2. The highest BCUT2D eigenvalue weighted by atomic mass is 35.5. The Hall–Kier alpha value is -2.89. The van der Waals surface area contributed by atoms with Crippen LogP contribution in [0.3, 0.4) is 0 Å². The van der Waals surface area contributed by atoms with Crippen molar-refractivity contribution in [3.8, 4) is 22.6 Å². The molecular weight excluding hydrogens is 435 g/mol. The summed E-state index contributed by atoms with van der Waals surface area (Å²) >= 11 is 12.8. The molecule has 164 valence electrons. The zero-order chi connectivity index (χ0) is 22.8. The minimum absolute atomic E-state index is 0.236. The van der Waals surface area contributed by atoms with Crippen LogP contribution in [0.15, 0.2) is 54.6 Å². The largest absolute Gasteiger partial charge is 0.507 e. The highest BCUT2D eigenvalue weighted by molar-refractivity contribution is 6.36. The first-order valence-electron chi connectivity index (χ1n) is 9.75. The van der Waals surface area contributed by atoms with Crippen LogP contribution < -0.4 is 15.4 Å². The van der Waals surface area contributed by atoms with Gasteiger partial charge >= 0.3 is 0 Å². The number of phenolic OH excluding ortho intramolecular Hbond substituents is 1. The van der Waals surface area contributed by atoms with Crippen LogP contribution in [-0.4, -0.2) is 32.2 Å². The average molecular weight is 461 g/mol. The molecule has 0 radical (unpaired) electrons. The van der Waals surface area contributed by atoms with Gasteiger partial charge in [-0.3, -0.25) is 4.79 Å². The lowest BCUT2D eigenvalue weighted by molar-refractivity contribution is -0.109. The first-order valence-corrected chi connectivity index (χ1v) is 10.5. The Morgan fingerprint density at radius 2 is 1.61 bits per heavy atom. The van der Waals surface area contributed by atoms with Gasteiger partial charge in [-0.1, -0.05) is 41.4 Å². The standard InChI is InChI=1S/C22H21Cl2NO2.C2H5NO/c1-3-27-17-12-20(23)19(21(24)13-17)11-14-4-9-22(26)18(10-14)15-5-7-16(25-2)8-6-15;1-3-2-4/h4-10,12-13,25-26H,3,11H2,1-2H3;2H,1H3,(H,3,4). The van der Waals surface area contributed by atoms with Crippen molar-refractivity contribution in [3.63, 3.8) is 0 Å². The van der Waals surface area contributed by atoms with Crippen LogP contribution in [0, 0.1) is 0 Å². The van der Waals surface area contributed by atoms with Crippen molar-refractivity contribution in [2.75, 3.05) is 26.0 Å². The number of amides is 1. The van der Waals surface area contributed by atoms with Gasteiger partial charge in [0, 0.05) is 41.8 Å². The molecule has 0 aliphatic carbocycles. The second-order valence-corrected chi connectivity index (χ2v) is 7.38. The smallest absolute Gasteiger partial charge is 0.206 e. The Bertz CT molecular complexity index is 985. The van der Waals surface area contributed by atoms with Gasteiger partial charge in [0.1, 0.15) is 11.5 Å². The molecule has 0 unspecified atom stereocenters. The van der Waals surface area contributed by atoms with Crippen molar-refractivity contribution in [1.82, 2.24) is 5.32 Å². The molecule has 0 saturated carbocycles. The van der Waals surface area contributed by atoms with Crippen LogP contribution in [-0.2, 0) is 11.2 Å². The summed E-state index contributed by atoms with van der Waals surface area (Å²) in [5.74, 6) is 0.895. The van der Waals surface area contributed by atoms with Gasteiger partial charge in [-0.05, 0) is 60.0 Å². The highest BCUT2D eigenvalue weighted by Crippen LogP contribution is 2.35. The molecule has 0 saturated heterocycles. The second kappa shape index (κ2) is 12.1. The first kappa shape index (κ1) is 24.4. The Labute approximate surface area is 193 Å². The molecule has 0 aliphatic rings. The van der Waals surface area contributed by atoms with Crippen LogP contribution in [0.4, 0.5) is 5.69 Å². The van der Waals surface area contributed by atoms with Crippen LogP contribution in [0.5, 0.6) is 11.5 Å². The fourth-order valence-corrected chi connectivity index (χ4v) is 3.54. The molecule has 3 rings (SSSR count). The summed E-state index contributed by atoms with van der Waals surface area (Å²) in [5.41, 5.74) is 4.57. The lowest BCUT2D eigenvalue weighted by Gasteiger charge is -2.13. The lowest BCUT2D eigenvalue weighted by atomic mass is 9.98. The third kappa shape index (κ3) is 6.81. The third-order valence-corrected chi connectivity index (χ3v) is 5.14. The molecule has 3 aromatic carbocycles. The fourth-order valence-electron chi connectivity index (χ4n) is 2.94. The predicted octanol–water partition coefficient (Wildman–Crippen LogP) is 5.76. The van der Waals surface area contributed by atoms with Gasteiger partial charge in [0.15, 0.2) is 0 Å². The Morgan fingerprint density at radius 3 is 2.13 bits per heavy atom. The molecule has 0 aromatic heterocycles. The van der Waals surface area contributed by atoms with E-state index in [1.807, 2.05) is 50.4 Å². The number of rotatable bonds is 7. The van der Waals surface area contributed by atoms with E-state index in [2.05, 4.69) is 10.6 Å². The monoisotopic (exact) mass is 460 g/mol. The normalized spacial score (nSPS) is 9.97. The van der Waals surface area contributed by atoms with E-state index in [-0.39, 0.29) is 5.75 Å². The van der Waals surface area contributed by atoms with Gasteiger partial charge in [0.05, 0.1) is 6.61 Å². The summed E-state index contributed by atoms with van der Waals surface area (Å²) < 4.78 is 5.48. The molecule has 0 fully saturated rings. The zero-order valence-electron chi connectivity index (χ0n) is 17.7. The van der Waals surface area contributed by atoms with Crippen LogP contribution in [0.25, 0.3) is 11.1 Å². The lowest BCUT2D eigenvalue weighted by Crippen LogP contribution is -1.98. The second-order valence-electron chi connectivity index (χ2n) is 6.56. The van der Waals surface area contributed by atoms with Crippen molar-refractivity contribution >= 4 is 35.3 Å². The molecule has 5 nitrogen and oxygen atoms in total. The van der Waals surface area contributed by atoms with Gasteiger partial charge in [0.25, 0.3) is 0 Å². The quantitative estimate of drug-likeness (QED) is 0.392. The summed E-state index contributed by atoms with van der Waals surface area (Å²) in [4.78, 5) is 9.06. The van der Waals surface area contributed by atoms with Crippen LogP contribution >= 0.6 is 23.2 Å². The molecular formula is C24H26Cl2N2O3. The number of aromatic hydroxyl groups is 1. The van der Waals surface area contributed by atoms with E-state index in [0.717, 1.165) is 27.9 Å². The molecule has 3 N–H and O–H groups in total. The van der Waals surface area contributed by atoms with E-state index in [4.69, 9.17) is 32.7 Å². The van der Waals surface area contributed by atoms with Crippen LogP contribution in [0.1, 0.15) is 18.1 Å².